The Morgan fingerprint density at radius 3 is 2.67 bits per heavy atom. The van der Waals surface area contributed by atoms with Gasteiger partial charge in [-0.2, -0.15) is 0 Å². The fourth-order valence-electron chi connectivity index (χ4n) is 3.15. The zero-order valence-electron chi connectivity index (χ0n) is 14.2. The van der Waals surface area contributed by atoms with Crippen LogP contribution in [0.3, 0.4) is 0 Å². The molecular formula is C21H14N4OS. The second-order valence-electron chi connectivity index (χ2n) is 6.21. The molecule has 0 aliphatic rings. The van der Waals surface area contributed by atoms with Crippen LogP contribution in [0.1, 0.15) is 10.4 Å². The lowest BCUT2D eigenvalue weighted by Gasteiger charge is -2.00. The van der Waals surface area contributed by atoms with Gasteiger partial charge in [0.15, 0.2) is 0 Å². The van der Waals surface area contributed by atoms with Crippen molar-refractivity contribution in [3.8, 4) is 21.8 Å². The van der Waals surface area contributed by atoms with Crippen LogP contribution < -0.4 is 5.73 Å². The maximum absolute atomic E-state index is 11.6. The van der Waals surface area contributed by atoms with Crippen molar-refractivity contribution in [2.24, 2.45) is 5.73 Å². The summed E-state index contributed by atoms with van der Waals surface area (Å²) in [6, 6.07) is 19.7. The molecule has 0 spiro atoms. The topological polar surface area (TPSA) is 73.3 Å². The Labute approximate surface area is 158 Å². The molecular weight excluding hydrogens is 356 g/mol. The standard InChI is InChI=1S/C21H14N4OS/c22-19(26)15-7-4-10-25-12-17(23-20(15)25)13-5-3-6-14(11-13)21-24-16-8-1-2-9-18(16)27-21/h1-12H,(H2,22,26). The Balaban J connectivity index is 1.62. The number of nitrogens with two attached hydrogens (primary N) is 1. The molecule has 3 heterocycles. The lowest BCUT2D eigenvalue weighted by molar-refractivity contribution is 0.100. The molecule has 27 heavy (non-hydrogen) atoms. The third-order valence-electron chi connectivity index (χ3n) is 4.45. The number of pyridine rings is 1. The molecule has 5 aromatic rings. The molecule has 0 saturated heterocycles. The first kappa shape index (κ1) is 15.7. The number of nitrogens with zero attached hydrogens (tertiary/aromatic N) is 3. The van der Waals surface area contributed by atoms with Crippen molar-refractivity contribution in [3.63, 3.8) is 0 Å². The molecule has 6 heteroatoms. The number of benzene rings is 2. The Morgan fingerprint density at radius 2 is 1.81 bits per heavy atom. The lowest BCUT2D eigenvalue weighted by atomic mass is 10.1. The van der Waals surface area contributed by atoms with Crippen molar-refractivity contribution in [3.05, 3.63) is 78.6 Å². The van der Waals surface area contributed by atoms with Gasteiger partial charge in [-0.3, -0.25) is 4.79 Å². The van der Waals surface area contributed by atoms with Gasteiger partial charge in [0.25, 0.3) is 5.91 Å². The lowest BCUT2D eigenvalue weighted by Crippen LogP contribution is -2.12. The molecule has 0 unspecified atom stereocenters. The fourth-order valence-corrected chi connectivity index (χ4v) is 4.11. The van der Waals surface area contributed by atoms with E-state index in [1.54, 1.807) is 23.5 Å². The van der Waals surface area contributed by atoms with Gasteiger partial charge in [-0.15, -0.1) is 11.3 Å². The van der Waals surface area contributed by atoms with Crippen molar-refractivity contribution in [2.75, 3.05) is 0 Å². The van der Waals surface area contributed by atoms with Crippen LogP contribution in [0.25, 0.3) is 37.7 Å². The minimum atomic E-state index is -0.485. The van der Waals surface area contributed by atoms with Crippen LogP contribution in [0.15, 0.2) is 73.1 Å². The molecule has 0 fully saturated rings. The van der Waals surface area contributed by atoms with E-state index in [1.165, 1.54) is 0 Å². The summed E-state index contributed by atoms with van der Waals surface area (Å²) in [7, 11) is 0. The van der Waals surface area contributed by atoms with Crippen molar-refractivity contribution >= 4 is 33.1 Å². The molecule has 0 aliphatic heterocycles. The van der Waals surface area contributed by atoms with E-state index in [0.717, 1.165) is 32.0 Å². The average Bonchev–Trinajstić information content (AvgIpc) is 3.31. The van der Waals surface area contributed by atoms with Gasteiger partial charge >= 0.3 is 0 Å². The first-order valence-corrected chi connectivity index (χ1v) is 9.24. The van der Waals surface area contributed by atoms with Crippen LogP contribution >= 0.6 is 11.3 Å². The first-order chi connectivity index (χ1) is 13.2. The fraction of sp³-hybridized carbons (Fsp3) is 0. The van der Waals surface area contributed by atoms with Crippen LogP contribution in [0, 0.1) is 0 Å². The number of rotatable bonds is 3. The number of hydrogen-bond acceptors (Lipinski definition) is 4. The Hall–Kier alpha value is -3.51. The highest BCUT2D eigenvalue weighted by molar-refractivity contribution is 7.21. The van der Waals surface area contributed by atoms with E-state index in [4.69, 9.17) is 10.7 Å². The molecule has 0 aliphatic carbocycles. The van der Waals surface area contributed by atoms with E-state index in [9.17, 15) is 4.79 Å². The molecule has 3 aromatic heterocycles. The maximum atomic E-state index is 11.6. The molecule has 5 nitrogen and oxygen atoms in total. The van der Waals surface area contributed by atoms with E-state index in [-0.39, 0.29) is 0 Å². The van der Waals surface area contributed by atoms with Crippen LogP contribution in [-0.2, 0) is 0 Å². The molecule has 0 atom stereocenters. The summed E-state index contributed by atoms with van der Waals surface area (Å²) in [6.07, 6.45) is 3.76. The van der Waals surface area contributed by atoms with Crippen LogP contribution in [-0.4, -0.2) is 20.3 Å². The van der Waals surface area contributed by atoms with E-state index in [2.05, 4.69) is 17.1 Å². The minimum Gasteiger partial charge on any atom is -0.365 e. The number of carbonyl (C=O) groups excluding carboxylic acids is 1. The van der Waals surface area contributed by atoms with E-state index >= 15 is 0 Å². The highest BCUT2D eigenvalue weighted by atomic mass is 32.1. The van der Waals surface area contributed by atoms with Gasteiger partial charge in [0, 0.05) is 23.5 Å². The van der Waals surface area contributed by atoms with Gasteiger partial charge in [-0.1, -0.05) is 30.3 Å². The smallest absolute Gasteiger partial charge is 0.252 e. The Morgan fingerprint density at radius 1 is 0.963 bits per heavy atom. The van der Waals surface area contributed by atoms with Gasteiger partial charge in [0.05, 0.1) is 21.5 Å². The number of imidazole rings is 1. The number of hydrogen-bond donors (Lipinski definition) is 1. The normalized spacial score (nSPS) is 11.3. The molecule has 5 rings (SSSR count). The predicted molar refractivity (Wildman–Crippen MR) is 108 cm³/mol. The first-order valence-electron chi connectivity index (χ1n) is 8.43. The monoisotopic (exact) mass is 370 g/mol. The van der Waals surface area contributed by atoms with Gasteiger partial charge in [-0.25, -0.2) is 9.97 Å². The van der Waals surface area contributed by atoms with Crippen LogP contribution in [0.4, 0.5) is 0 Å². The SMILES string of the molecule is NC(=O)c1cccn2cc(-c3cccc(-c4nc5ccccc5s4)c3)nc12. The average molecular weight is 370 g/mol. The molecule has 2 aromatic carbocycles. The third-order valence-corrected chi connectivity index (χ3v) is 5.53. The number of fused-ring (bicyclic) bond motifs is 2. The number of primary amides is 1. The molecule has 0 saturated carbocycles. The van der Waals surface area contributed by atoms with Crippen LogP contribution in [0.5, 0.6) is 0 Å². The Bertz CT molecular complexity index is 1290. The van der Waals surface area contributed by atoms with Gasteiger partial charge in [0.1, 0.15) is 10.7 Å². The number of carbonyl (C=O) groups is 1. The second-order valence-corrected chi connectivity index (χ2v) is 7.24. The summed E-state index contributed by atoms with van der Waals surface area (Å²) in [5.41, 5.74) is 10.2. The molecule has 2 N–H and O–H groups in total. The summed E-state index contributed by atoms with van der Waals surface area (Å²) in [4.78, 5) is 21.0. The van der Waals surface area contributed by atoms with E-state index < -0.39 is 5.91 Å². The Kier molecular flexibility index (Phi) is 3.51. The van der Waals surface area contributed by atoms with E-state index in [1.807, 2.05) is 53.2 Å². The van der Waals surface area contributed by atoms with Crippen molar-refractivity contribution < 1.29 is 4.79 Å². The summed E-state index contributed by atoms with van der Waals surface area (Å²) in [5.74, 6) is -0.485. The third kappa shape index (κ3) is 2.67. The summed E-state index contributed by atoms with van der Waals surface area (Å²) in [5, 5.41) is 0.972. The number of para-hydroxylation sites is 1. The zero-order chi connectivity index (χ0) is 18.4. The molecule has 0 bridgehead atoms. The maximum Gasteiger partial charge on any atom is 0.252 e. The van der Waals surface area contributed by atoms with Crippen molar-refractivity contribution in [2.45, 2.75) is 0 Å². The molecule has 1 amide bonds. The number of thiazole rings is 1. The largest absolute Gasteiger partial charge is 0.365 e. The number of aromatic nitrogens is 3. The minimum absolute atomic E-state index is 0.408. The quantitative estimate of drug-likeness (QED) is 0.512. The highest BCUT2D eigenvalue weighted by Gasteiger charge is 2.13. The van der Waals surface area contributed by atoms with Crippen LogP contribution in [0.2, 0.25) is 0 Å². The summed E-state index contributed by atoms with van der Waals surface area (Å²) >= 11 is 1.67. The van der Waals surface area contributed by atoms with Crippen molar-refractivity contribution in [1.82, 2.24) is 14.4 Å². The second kappa shape index (κ2) is 6.03. The highest BCUT2D eigenvalue weighted by Crippen LogP contribution is 2.32. The summed E-state index contributed by atoms with van der Waals surface area (Å²) < 4.78 is 2.98. The zero-order valence-corrected chi connectivity index (χ0v) is 15.0. The number of amides is 1. The van der Waals surface area contributed by atoms with Gasteiger partial charge < -0.3 is 10.1 Å². The van der Waals surface area contributed by atoms with E-state index in [0.29, 0.717) is 11.2 Å². The van der Waals surface area contributed by atoms with Gasteiger partial charge in [-0.05, 0) is 30.3 Å². The summed E-state index contributed by atoms with van der Waals surface area (Å²) in [6.45, 7) is 0. The molecule has 130 valence electrons. The molecule has 0 radical (unpaired) electrons. The predicted octanol–water partition coefficient (Wildman–Crippen LogP) is 4.38. The van der Waals surface area contributed by atoms with Crippen molar-refractivity contribution in [1.29, 1.82) is 0 Å². The van der Waals surface area contributed by atoms with Gasteiger partial charge in [0.2, 0.25) is 0 Å².